The lowest BCUT2D eigenvalue weighted by Crippen LogP contribution is -2.33. The SMILES string of the molecule is CC(C)(COc1cccc2cccnc12)CS(N)(=O)=O. The Kier molecular flexibility index (Phi) is 3.96. The third-order valence-electron chi connectivity index (χ3n) is 2.81. The Bertz CT molecular complexity index is 706. The van der Waals surface area contributed by atoms with Gasteiger partial charge in [-0.15, -0.1) is 0 Å². The molecule has 1 aromatic heterocycles. The highest BCUT2D eigenvalue weighted by Gasteiger charge is 2.25. The van der Waals surface area contributed by atoms with Crippen molar-refractivity contribution in [3.63, 3.8) is 0 Å². The molecule has 6 heteroatoms. The maximum absolute atomic E-state index is 11.2. The Hall–Kier alpha value is -1.66. The monoisotopic (exact) mass is 294 g/mol. The average Bonchev–Trinajstić information content (AvgIpc) is 2.33. The van der Waals surface area contributed by atoms with Gasteiger partial charge in [-0.3, -0.25) is 4.98 Å². The fourth-order valence-electron chi connectivity index (χ4n) is 2.05. The van der Waals surface area contributed by atoms with Gasteiger partial charge in [0, 0.05) is 17.0 Å². The predicted molar refractivity (Wildman–Crippen MR) is 79.0 cm³/mol. The molecule has 1 aromatic carbocycles. The zero-order valence-corrected chi connectivity index (χ0v) is 12.4. The number of hydrogen-bond donors (Lipinski definition) is 1. The third-order valence-corrected chi connectivity index (χ3v) is 3.99. The van der Waals surface area contributed by atoms with Crippen LogP contribution in [0.25, 0.3) is 10.9 Å². The third kappa shape index (κ3) is 3.91. The summed E-state index contributed by atoms with van der Waals surface area (Å²) in [7, 11) is -3.52. The summed E-state index contributed by atoms with van der Waals surface area (Å²) in [4.78, 5) is 4.29. The van der Waals surface area contributed by atoms with E-state index in [4.69, 9.17) is 9.88 Å². The van der Waals surface area contributed by atoms with E-state index in [-0.39, 0.29) is 12.4 Å². The number of aromatic nitrogens is 1. The maximum Gasteiger partial charge on any atom is 0.209 e. The number of benzene rings is 1. The van der Waals surface area contributed by atoms with Gasteiger partial charge in [0.15, 0.2) is 0 Å². The highest BCUT2D eigenvalue weighted by Crippen LogP contribution is 2.25. The summed E-state index contributed by atoms with van der Waals surface area (Å²) >= 11 is 0. The first-order valence-electron chi connectivity index (χ1n) is 6.24. The molecule has 0 unspecified atom stereocenters. The number of ether oxygens (including phenoxy) is 1. The summed E-state index contributed by atoms with van der Waals surface area (Å²) in [5.41, 5.74) is 0.200. The average molecular weight is 294 g/mol. The minimum atomic E-state index is -3.52. The molecule has 0 aliphatic rings. The van der Waals surface area contributed by atoms with Crippen molar-refractivity contribution in [1.82, 2.24) is 4.98 Å². The first-order valence-corrected chi connectivity index (χ1v) is 7.95. The summed E-state index contributed by atoms with van der Waals surface area (Å²) < 4.78 is 28.1. The molecule has 0 aliphatic carbocycles. The van der Waals surface area contributed by atoms with Crippen LogP contribution in [-0.2, 0) is 10.0 Å². The Labute approximate surface area is 118 Å². The number of nitrogens with zero attached hydrogens (tertiary/aromatic N) is 1. The number of fused-ring (bicyclic) bond motifs is 1. The van der Waals surface area contributed by atoms with Crippen LogP contribution in [0.2, 0.25) is 0 Å². The largest absolute Gasteiger partial charge is 0.491 e. The molecule has 0 saturated heterocycles. The van der Waals surface area contributed by atoms with Crippen LogP contribution in [0.4, 0.5) is 0 Å². The summed E-state index contributed by atoms with van der Waals surface area (Å²) in [6.45, 7) is 3.85. The molecule has 108 valence electrons. The van der Waals surface area contributed by atoms with Crippen LogP contribution in [0.5, 0.6) is 5.75 Å². The lowest BCUT2D eigenvalue weighted by Gasteiger charge is -2.23. The van der Waals surface area contributed by atoms with Gasteiger partial charge < -0.3 is 4.74 Å². The standard InChI is InChI=1S/C14H18N2O3S/c1-14(2,10-20(15,17)18)9-19-12-7-3-5-11-6-4-8-16-13(11)12/h3-8H,9-10H2,1-2H3,(H2,15,17,18). The number of hydrogen-bond acceptors (Lipinski definition) is 4. The molecule has 0 radical (unpaired) electrons. The van der Waals surface area contributed by atoms with Crippen LogP contribution in [-0.4, -0.2) is 25.8 Å². The zero-order chi connectivity index (χ0) is 14.8. The van der Waals surface area contributed by atoms with E-state index in [1.54, 1.807) is 20.0 Å². The fourth-order valence-corrected chi connectivity index (χ4v) is 3.22. The second-order valence-electron chi connectivity index (χ2n) is 5.59. The van der Waals surface area contributed by atoms with Crippen LogP contribution in [0.3, 0.4) is 0 Å². The van der Waals surface area contributed by atoms with Gasteiger partial charge in [-0.1, -0.05) is 32.0 Å². The molecule has 0 aliphatic heterocycles. The second kappa shape index (κ2) is 5.38. The van der Waals surface area contributed by atoms with Crippen LogP contribution < -0.4 is 9.88 Å². The molecule has 2 N–H and O–H groups in total. The van der Waals surface area contributed by atoms with Crippen LogP contribution >= 0.6 is 0 Å². The molecule has 0 spiro atoms. The number of nitrogens with two attached hydrogens (primary N) is 1. The van der Waals surface area contributed by atoms with E-state index in [0.717, 1.165) is 10.9 Å². The molecule has 0 bridgehead atoms. The Morgan fingerprint density at radius 2 is 1.95 bits per heavy atom. The highest BCUT2D eigenvalue weighted by molar-refractivity contribution is 7.89. The number of rotatable bonds is 5. The van der Waals surface area contributed by atoms with Crippen molar-refractivity contribution in [2.75, 3.05) is 12.4 Å². The molecule has 2 aromatic rings. The van der Waals surface area contributed by atoms with Gasteiger partial charge in [0.25, 0.3) is 0 Å². The first kappa shape index (κ1) is 14.7. The van der Waals surface area contributed by atoms with E-state index in [2.05, 4.69) is 4.98 Å². The van der Waals surface area contributed by atoms with E-state index in [1.165, 1.54) is 0 Å². The van der Waals surface area contributed by atoms with Gasteiger partial charge in [-0.25, -0.2) is 13.6 Å². The van der Waals surface area contributed by atoms with Crippen molar-refractivity contribution >= 4 is 20.9 Å². The smallest absolute Gasteiger partial charge is 0.209 e. The quantitative estimate of drug-likeness (QED) is 0.913. The molecule has 0 saturated carbocycles. The molecule has 0 amide bonds. The highest BCUT2D eigenvalue weighted by atomic mass is 32.2. The molecule has 5 nitrogen and oxygen atoms in total. The van der Waals surface area contributed by atoms with E-state index in [1.807, 2.05) is 30.3 Å². The topological polar surface area (TPSA) is 82.3 Å². The summed E-state index contributed by atoms with van der Waals surface area (Å²) in [5, 5.41) is 6.07. The number of para-hydroxylation sites is 1. The van der Waals surface area contributed by atoms with Gasteiger partial charge >= 0.3 is 0 Å². The van der Waals surface area contributed by atoms with E-state index < -0.39 is 15.4 Å². The number of sulfonamides is 1. The van der Waals surface area contributed by atoms with E-state index in [9.17, 15) is 8.42 Å². The van der Waals surface area contributed by atoms with Crippen molar-refractivity contribution < 1.29 is 13.2 Å². The zero-order valence-electron chi connectivity index (χ0n) is 11.5. The van der Waals surface area contributed by atoms with Gasteiger partial charge in [-0.05, 0) is 12.1 Å². The molecule has 20 heavy (non-hydrogen) atoms. The van der Waals surface area contributed by atoms with Crippen molar-refractivity contribution in [2.45, 2.75) is 13.8 Å². The summed E-state index contributed by atoms with van der Waals surface area (Å²) in [6.07, 6.45) is 1.70. The van der Waals surface area contributed by atoms with Gasteiger partial charge in [0.05, 0.1) is 12.4 Å². The summed E-state index contributed by atoms with van der Waals surface area (Å²) in [6, 6.07) is 9.46. The molecule has 0 atom stereocenters. The van der Waals surface area contributed by atoms with Crippen LogP contribution in [0, 0.1) is 5.41 Å². The lowest BCUT2D eigenvalue weighted by atomic mass is 9.98. The number of pyridine rings is 1. The summed E-state index contributed by atoms with van der Waals surface area (Å²) in [5.74, 6) is 0.517. The normalized spacial score (nSPS) is 12.6. The van der Waals surface area contributed by atoms with Crippen LogP contribution in [0.15, 0.2) is 36.5 Å². The van der Waals surface area contributed by atoms with E-state index in [0.29, 0.717) is 5.75 Å². The number of primary sulfonamides is 1. The minimum absolute atomic E-state index is 0.127. The first-order chi connectivity index (χ1) is 9.27. The van der Waals surface area contributed by atoms with Crippen molar-refractivity contribution in [3.8, 4) is 5.75 Å². The van der Waals surface area contributed by atoms with E-state index >= 15 is 0 Å². The maximum atomic E-state index is 11.2. The molecule has 2 rings (SSSR count). The molecule has 1 heterocycles. The Morgan fingerprint density at radius 1 is 1.25 bits per heavy atom. The minimum Gasteiger partial charge on any atom is -0.491 e. The van der Waals surface area contributed by atoms with Crippen LogP contribution in [0.1, 0.15) is 13.8 Å². The van der Waals surface area contributed by atoms with Crippen molar-refractivity contribution in [3.05, 3.63) is 36.5 Å². The van der Waals surface area contributed by atoms with Crippen molar-refractivity contribution in [1.29, 1.82) is 0 Å². The van der Waals surface area contributed by atoms with Gasteiger partial charge in [0.2, 0.25) is 10.0 Å². The Balaban J connectivity index is 2.17. The molecular weight excluding hydrogens is 276 g/mol. The molecule has 0 fully saturated rings. The molecular formula is C14H18N2O3S. The Morgan fingerprint density at radius 3 is 2.65 bits per heavy atom. The van der Waals surface area contributed by atoms with Gasteiger partial charge in [0.1, 0.15) is 11.3 Å². The second-order valence-corrected chi connectivity index (χ2v) is 7.21. The fraction of sp³-hybridized carbons (Fsp3) is 0.357. The lowest BCUT2D eigenvalue weighted by molar-refractivity contribution is 0.201. The van der Waals surface area contributed by atoms with Crippen molar-refractivity contribution in [2.24, 2.45) is 10.6 Å². The van der Waals surface area contributed by atoms with Gasteiger partial charge in [-0.2, -0.15) is 0 Å². The predicted octanol–water partition coefficient (Wildman–Crippen LogP) is 1.93.